The number of carbonyl (C=O) groups excluding carboxylic acids is 1. The van der Waals surface area contributed by atoms with Crippen molar-refractivity contribution in [1.82, 2.24) is 14.8 Å². The Morgan fingerprint density at radius 1 is 1.00 bits per heavy atom. The van der Waals surface area contributed by atoms with E-state index in [1.807, 2.05) is 0 Å². The van der Waals surface area contributed by atoms with Gasteiger partial charge in [0.1, 0.15) is 28.0 Å². The van der Waals surface area contributed by atoms with Crippen LogP contribution in [0.1, 0.15) is 13.8 Å². The summed E-state index contributed by atoms with van der Waals surface area (Å²) < 4.78 is 86.8. The number of carbonyl (C=O) groups is 1. The number of halogens is 4. The maximum absolute atomic E-state index is 15.9. The number of nitrogens with zero attached hydrogens (tertiary/aromatic N) is 4. The zero-order chi connectivity index (χ0) is 26.2. The summed E-state index contributed by atoms with van der Waals surface area (Å²) in [6.07, 6.45) is 4.50. The maximum atomic E-state index is 15.9. The number of rotatable bonds is 6. The molecule has 0 radical (unpaired) electrons. The molecule has 7 nitrogen and oxygen atoms in total. The summed E-state index contributed by atoms with van der Waals surface area (Å²) >= 11 is 0. The van der Waals surface area contributed by atoms with Gasteiger partial charge in [-0.25, -0.2) is 26.0 Å². The molecule has 12 heteroatoms. The van der Waals surface area contributed by atoms with Crippen molar-refractivity contribution in [3.8, 4) is 22.4 Å². The number of anilines is 1. The third-order valence-electron chi connectivity index (χ3n) is 5.30. The molecule has 0 saturated carbocycles. The first-order chi connectivity index (χ1) is 17.1. The van der Waals surface area contributed by atoms with Gasteiger partial charge >= 0.3 is 0 Å². The highest BCUT2D eigenvalue weighted by molar-refractivity contribution is 7.93. The van der Waals surface area contributed by atoms with Crippen LogP contribution in [-0.2, 0) is 21.4 Å². The second kappa shape index (κ2) is 9.53. The van der Waals surface area contributed by atoms with Crippen LogP contribution < -0.4 is 4.31 Å². The Balaban J connectivity index is 1.97. The molecule has 4 rings (SSSR count). The van der Waals surface area contributed by atoms with Crippen LogP contribution in [0.2, 0.25) is 0 Å². The molecule has 2 aromatic heterocycles. The van der Waals surface area contributed by atoms with E-state index < -0.39 is 55.3 Å². The van der Waals surface area contributed by atoms with Crippen molar-refractivity contribution in [1.29, 1.82) is 0 Å². The summed E-state index contributed by atoms with van der Waals surface area (Å²) in [5, 5.41) is 4.24. The smallest absolute Gasteiger partial charge is 0.274 e. The van der Waals surface area contributed by atoms with Crippen LogP contribution in [0.5, 0.6) is 0 Å². The summed E-state index contributed by atoms with van der Waals surface area (Å²) in [6, 6.07) is 6.31. The molecule has 0 atom stereocenters. The fourth-order valence-electron chi connectivity index (χ4n) is 3.67. The monoisotopic (exact) mass is 518 g/mol. The van der Waals surface area contributed by atoms with Gasteiger partial charge in [-0.3, -0.25) is 14.5 Å². The maximum Gasteiger partial charge on any atom is 0.274 e. The first-order valence-corrected chi connectivity index (χ1v) is 12.0. The number of sulfonamides is 1. The summed E-state index contributed by atoms with van der Waals surface area (Å²) in [7, 11) is -5.13. The van der Waals surface area contributed by atoms with Gasteiger partial charge in [0.15, 0.2) is 5.82 Å². The van der Waals surface area contributed by atoms with E-state index in [0.717, 1.165) is 19.1 Å². The van der Waals surface area contributed by atoms with Crippen molar-refractivity contribution in [2.75, 3.05) is 4.31 Å². The number of benzene rings is 2. The zero-order valence-corrected chi connectivity index (χ0v) is 19.7. The first-order valence-electron chi connectivity index (χ1n) is 10.5. The highest BCUT2D eigenvalue weighted by Gasteiger charge is 2.35. The molecule has 0 aliphatic carbocycles. The fourth-order valence-corrected chi connectivity index (χ4v) is 5.18. The van der Waals surface area contributed by atoms with Gasteiger partial charge in [0.05, 0.1) is 11.3 Å². The van der Waals surface area contributed by atoms with E-state index in [1.54, 1.807) is 25.3 Å². The van der Waals surface area contributed by atoms with Crippen molar-refractivity contribution in [3.05, 3.63) is 84.3 Å². The van der Waals surface area contributed by atoms with Gasteiger partial charge in [-0.1, -0.05) is 0 Å². The van der Waals surface area contributed by atoms with Crippen LogP contribution in [-0.4, -0.2) is 29.1 Å². The third kappa shape index (κ3) is 4.35. The van der Waals surface area contributed by atoms with Gasteiger partial charge in [-0.05, 0) is 55.0 Å². The van der Waals surface area contributed by atoms with Crippen molar-refractivity contribution in [3.63, 3.8) is 0 Å². The molecule has 2 aromatic carbocycles. The SMILES string of the molecule is CCn1cc(-c2ccncc2)c(-c2c(F)ccc(N(C(C)=O)S(=O)(=O)c3cc(F)ccc3F)c2F)n1. The topological polar surface area (TPSA) is 85.2 Å². The van der Waals surface area contributed by atoms with Crippen LogP contribution in [0, 0.1) is 23.3 Å². The Morgan fingerprint density at radius 2 is 1.67 bits per heavy atom. The highest BCUT2D eigenvalue weighted by Crippen LogP contribution is 2.39. The summed E-state index contributed by atoms with van der Waals surface area (Å²) in [6.45, 7) is 2.91. The fraction of sp³-hybridized carbons (Fsp3) is 0.125. The molecular weight excluding hydrogens is 500 g/mol. The van der Waals surface area contributed by atoms with E-state index in [-0.39, 0.29) is 10.00 Å². The molecule has 0 bridgehead atoms. The molecule has 1 amide bonds. The predicted molar refractivity (Wildman–Crippen MR) is 123 cm³/mol. The van der Waals surface area contributed by atoms with E-state index in [1.165, 1.54) is 17.1 Å². The molecule has 0 unspecified atom stereocenters. The summed E-state index contributed by atoms with van der Waals surface area (Å²) in [4.78, 5) is 15.2. The van der Waals surface area contributed by atoms with Gasteiger partial charge in [0, 0.05) is 37.6 Å². The second-order valence-corrected chi connectivity index (χ2v) is 9.36. The third-order valence-corrected chi connectivity index (χ3v) is 7.10. The molecule has 2 heterocycles. The molecule has 186 valence electrons. The minimum absolute atomic E-state index is 0.0357. The van der Waals surface area contributed by atoms with Crippen LogP contribution in [0.25, 0.3) is 22.4 Å². The molecular formula is C24H18F4N4O3S. The molecule has 0 fully saturated rings. The highest BCUT2D eigenvalue weighted by atomic mass is 32.2. The molecule has 0 aliphatic heterocycles. The Kier molecular flexibility index (Phi) is 6.63. The van der Waals surface area contributed by atoms with Crippen molar-refractivity contribution >= 4 is 21.6 Å². The predicted octanol–water partition coefficient (Wildman–Crippen LogP) is 4.93. The summed E-state index contributed by atoms with van der Waals surface area (Å²) in [5.41, 5.74) is -0.885. The van der Waals surface area contributed by atoms with E-state index in [9.17, 15) is 22.0 Å². The van der Waals surface area contributed by atoms with Crippen molar-refractivity contribution in [2.24, 2.45) is 0 Å². The van der Waals surface area contributed by atoms with Gasteiger partial charge in [-0.2, -0.15) is 9.40 Å². The van der Waals surface area contributed by atoms with Gasteiger partial charge < -0.3 is 0 Å². The van der Waals surface area contributed by atoms with Gasteiger partial charge in [0.25, 0.3) is 10.0 Å². The lowest BCUT2D eigenvalue weighted by molar-refractivity contribution is -0.115. The Hall–Kier alpha value is -4.06. The average Bonchev–Trinajstić information content (AvgIpc) is 3.26. The number of hydrogen-bond donors (Lipinski definition) is 0. The number of amides is 1. The minimum Gasteiger partial charge on any atom is -0.274 e. The van der Waals surface area contributed by atoms with E-state index >= 15 is 8.78 Å². The van der Waals surface area contributed by atoms with Crippen LogP contribution in [0.4, 0.5) is 23.2 Å². The number of aromatic nitrogens is 3. The normalized spacial score (nSPS) is 11.5. The molecule has 36 heavy (non-hydrogen) atoms. The van der Waals surface area contributed by atoms with E-state index in [2.05, 4.69) is 10.1 Å². The Bertz CT molecular complexity index is 1570. The number of pyridine rings is 1. The van der Waals surface area contributed by atoms with Gasteiger partial charge in [-0.15, -0.1) is 0 Å². The average molecular weight is 518 g/mol. The zero-order valence-electron chi connectivity index (χ0n) is 18.9. The largest absolute Gasteiger partial charge is 0.274 e. The molecule has 0 N–H and O–H groups in total. The van der Waals surface area contributed by atoms with Gasteiger partial charge in [0.2, 0.25) is 5.91 Å². The van der Waals surface area contributed by atoms with E-state index in [0.29, 0.717) is 35.9 Å². The lowest BCUT2D eigenvalue weighted by atomic mass is 10.0. The lowest BCUT2D eigenvalue weighted by Gasteiger charge is -2.23. The standard InChI is InChI=1S/C24H18F4N4O3S/c1-3-31-13-17(15-8-10-29-11-9-15)24(30-31)22-19(27)6-7-20(23(22)28)32(14(2)33)36(34,35)21-12-16(25)4-5-18(21)26/h4-13H,3H2,1-2H3. The lowest BCUT2D eigenvalue weighted by Crippen LogP contribution is -2.36. The quantitative estimate of drug-likeness (QED) is 0.338. The van der Waals surface area contributed by atoms with Crippen LogP contribution in [0.15, 0.2) is 66.0 Å². The van der Waals surface area contributed by atoms with Crippen LogP contribution >= 0.6 is 0 Å². The molecule has 0 aliphatic rings. The van der Waals surface area contributed by atoms with Crippen LogP contribution in [0.3, 0.4) is 0 Å². The Morgan fingerprint density at radius 3 is 2.31 bits per heavy atom. The van der Waals surface area contributed by atoms with E-state index in [4.69, 9.17) is 0 Å². The Labute approximate surface area is 203 Å². The molecule has 0 saturated heterocycles. The minimum atomic E-state index is -5.13. The first kappa shape index (κ1) is 25.0. The molecule has 4 aromatic rings. The van der Waals surface area contributed by atoms with Crippen molar-refractivity contribution < 1.29 is 30.8 Å². The number of aryl methyl sites for hydroxylation is 1. The number of hydrogen-bond acceptors (Lipinski definition) is 5. The second-order valence-electron chi connectivity index (χ2n) is 7.60. The summed E-state index contributed by atoms with van der Waals surface area (Å²) in [5.74, 6) is -6.19. The van der Waals surface area contributed by atoms with Crippen molar-refractivity contribution in [2.45, 2.75) is 25.3 Å². The molecule has 0 spiro atoms.